The van der Waals surface area contributed by atoms with Gasteiger partial charge >= 0.3 is 12.3 Å². The first-order chi connectivity index (χ1) is 17.2. The summed E-state index contributed by atoms with van der Waals surface area (Å²) < 4.78 is 101. The molecule has 3 aromatic rings. The molecule has 0 aliphatic rings. The third-order valence-electron chi connectivity index (χ3n) is 5.14. The van der Waals surface area contributed by atoms with Gasteiger partial charge in [-0.2, -0.15) is 8.78 Å². The summed E-state index contributed by atoms with van der Waals surface area (Å²) in [5.41, 5.74) is 0.122. The molecular weight excluding hydrogens is 516 g/mol. The van der Waals surface area contributed by atoms with Crippen LogP contribution in [0.15, 0.2) is 66.7 Å². The summed E-state index contributed by atoms with van der Waals surface area (Å²) in [5, 5.41) is 0. The van der Waals surface area contributed by atoms with Crippen molar-refractivity contribution < 1.29 is 35.3 Å². The van der Waals surface area contributed by atoms with Crippen LogP contribution in [0.5, 0.6) is 5.75 Å². The zero-order valence-corrected chi connectivity index (χ0v) is 21.8. The quantitative estimate of drug-likeness (QED) is 0.313. The van der Waals surface area contributed by atoms with Crippen LogP contribution in [0.4, 0.5) is 26.3 Å². The van der Waals surface area contributed by atoms with Crippen molar-refractivity contribution in [2.75, 3.05) is 7.11 Å². The molecule has 0 fully saturated rings. The van der Waals surface area contributed by atoms with E-state index in [0.717, 1.165) is 12.1 Å². The molecule has 0 aromatic heterocycles. The molecule has 0 saturated heterocycles. The van der Waals surface area contributed by atoms with Crippen LogP contribution in [0.25, 0.3) is 0 Å². The highest BCUT2D eigenvalue weighted by Gasteiger charge is 2.43. The van der Waals surface area contributed by atoms with Crippen LogP contribution in [0, 0.1) is 18.6 Å². The predicted octanol–water partition coefficient (Wildman–Crippen LogP) is 7.47. The van der Waals surface area contributed by atoms with Gasteiger partial charge in [-0.25, -0.2) is 26.5 Å². The predicted molar refractivity (Wildman–Crippen MR) is 133 cm³/mol. The van der Waals surface area contributed by atoms with Gasteiger partial charge in [0.2, 0.25) is 0 Å². The van der Waals surface area contributed by atoms with Gasteiger partial charge in [0.15, 0.2) is 11.6 Å². The third-order valence-corrected chi connectivity index (χ3v) is 6.70. The van der Waals surface area contributed by atoms with Gasteiger partial charge in [-0.1, -0.05) is 42.0 Å². The van der Waals surface area contributed by atoms with E-state index in [0.29, 0.717) is 12.1 Å². The van der Waals surface area contributed by atoms with Crippen molar-refractivity contribution in [3.05, 3.63) is 101 Å². The lowest BCUT2D eigenvalue weighted by Gasteiger charge is -2.26. The van der Waals surface area contributed by atoms with Gasteiger partial charge in [-0.3, -0.25) is 0 Å². The van der Waals surface area contributed by atoms with E-state index in [9.17, 15) is 30.6 Å². The number of nitrogens with one attached hydrogen (secondary N) is 1. The summed E-state index contributed by atoms with van der Waals surface area (Å²) >= 11 is 0. The van der Waals surface area contributed by atoms with Gasteiger partial charge in [0.1, 0.15) is 5.82 Å². The van der Waals surface area contributed by atoms with Crippen LogP contribution in [0.2, 0.25) is 0 Å². The minimum absolute atomic E-state index is 0.184. The van der Waals surface area contributed by atoms with Crippen molar-refractivity contribution in [2.24, 2.45) is 0 Å². The smallest absolute Gasteiger partial charge is 0.332 e. The first-order valence-corrected chi connectivity index (χ1v) is 12.3. The number of aryl methyl sites for hydroxylation is 1. The monoisotopic (exact) mass is 545 g/mol. The first-order valence-electron chi connectivity index (χ1n) is 11.2. The highest BCUT2D eigenvalue weighted by Crippen LogP contribution is 2.37. The number of halogens is 6. The summed E-state index contributed by atoms with van der Waals surface area (Å²) in [6.45, 7) is 7.00. The lowest BCUT2D eigenvalue weighted by atomic mass is 9.95. The standard InChI is InChI=1S/C20H21F6NO2S.C7H8/c1-19(2,3)30(28)27-17(11-5-6-15(22)16(9-11)29-4)12-7-13(10-14(21)8-12)20(25,26)18(23)24;1-7-5-3-2-4-6-7/h5-10,17-18,27H,1-4H3;2-6H,1H3. The van der Waals surface area contributed by atoms with E-state index in [-0.39, 0.29) is 16.9 Å². The van der Waals surface area contributed by atoms with Crippen LogP contribution in [0.3, 0.4) is 0 Å². The Morgan fingerprint density at radius 2 is 1.51 bits per heavy atom. The second kappa shape index (κ2) is 12.6. The Hall–Kier alpha value is -2.85. The van der Waals surface area contributed by atoms with E-state index in [1.807, 2.05) is 18.2 Å². The maximum Gasteiger partial charge on any atom is 0.332 e. The van der Waals surface area contributed by atoms with Gasteiger partial charge in [0.05, 0.1) is 28.9 Å². The Morgan fingerprint density at radius 1 is 0.892 bits per heavy atom. The summed E-state index contributed by atoms with van der Waals surface area (Å²) in [6.07, 6.45) is -4.05. The maximum atomic E-state index is 14.1. The zero-order valence-electron chi connectivity index (χ0n) is 21.0. The van der Waals surface area contributed by atoms with E-state index in [1.165, 1.54) is 24.8 Å². The molecule has 3 aromatic carbocycles. The normalized spacial score (nSPS) is 13.5. The molecule has 0 amide bonds. The maximum absolute atomic E-state index is 14.1. The van der Waals surface area contributed by atoms with Crippen molar-refractivity contribution in [1.29, 1.82) is 0 Å². The molecule has 0 spiro atoms. The second-order valence-electron chi connectivity index (χ2n) is 9.18. The van der Waals surface area contributed by atoms with Crippen LogP contribution >= 0.6 is 0 Å². The molecule has 0 aliphatic heterocycles. The number of methoxy groups -OCH3 is 1. The van der Waals surface area contributed by atoms with E-state index in [4.69, 9.17) is 4.74 Å². The molecule has 2 atom stereocenters. The van der Waals surface area contributed by atoms with Gasteiger partial charge in [0, 0.05) is 5.56 Å². The van der Waals surface area contributed by atoms with Crippen LogP contribution in [0.1, 0.15) is 49.1 Å². The molecule has 1 N–H and O–H groups in total. The molecule has 37 heavy (non-hydrogen) atoms. The molecule has 3 nitrogen and oxygen atoms in total. The molecule has 0 saturated carbocycles. The van der Waals surface area contributed by atoms with Gasteiger partial charge in [-0.15, -0.1) is 0 Å². The van der Waals surface area contributed by atoms with Crippen molar-refractivity contribution in [3.63, 3.8) is 0 Å². The second-order valence-corrected chi connectivity index (χ2v) is 11.2. The number of hydrogen-bond donors (Lipinski definition) is 1. The Bertz CT molecular complexity index is 1200. The minimum Gasteiger partial charge on any atom is -0.494 e. The molecule has 0 heterocycles. The van der Waals surface area contributed by atoms with E-state index in [1.54, 1.807) is 20.8 Å². The van der Waals surface area contributed by atoms with Crippen LogP contribution < -0.4 is 9.46 Å². The SMILES string of the molecule is COc1cc(C(NS(=O)C(C)(C)C)c2cc(F)cc(C(F)(F)C(F)F)c2)ccc1F.Cc1ccccc1. The summed E-state index contributed by atoms with van der Waals surface area (Å²) in [6, 6.07) is 14.5. The minimum atomic E-state index is -4.59. The zero-order chi connectivity index (χ0) is 28.0. The number of rotatable bonds is 7. The fraction of sp³-hybridized carbons (Fsp3) is 0.333. The fourth-order valence-corrected chi connectivity index (χ4v) is 3.94. The lowest BCUT2D eigenvalue weighted by Crippen LogP contribution is -2.36. The average Bonchev–Trinajstić information content (AvgIpc) is 2.82. The highest BCUT2D eigenvalue weighted by molar-refractivity contribution is 7.84. The van der Waals surface area contributed by atoms with Gasteiger partial charge in [0.25, 0.3) is 0 Å². The van der Waals surface area contributed by atoms with Crippen molar-refractivity contribution in [3.8, 4) is 5.75 Å². The van der Waals surface area contributed by atoms with Gasteiger partial charge in [-0.05, 0) is 69.2 Å². The lowest BCUT2D eigenvalue weighted by molar-refractivity contribution is -0.135. The topological polar surface area (TPSA) is 38.3 Å². The first kappa shape index (κ1) is 30.4. The molecule has 0 bridgehead atoms. The van der Waals surface area contributed by atoms with E-state index in [2.05, 4.69) is 23.8 Å². The Labute approximate surface area is 215 Å². The molecule has 10 heteroatoms. The van der Waals surface area contributed by atoms with Crippen LogP contribution in [-0.4, -0.2) is 22.5 Å². The highest BCUT2D eigenvalue weighted by atomic mass is 32.2. The third kappa shape index (κ3) is 8.33. The molecule has 202 valence electrons. The Kier molecular flexibility index (Phi) is 10.3. The summed E-state index contributed by atoms with van der Waals surface area (Å²) in [4.78, 5) is 0. The van der Waals surface area contributed by atoms with E-state index < -0.39 is 51.3 Å². The van der Waals surface area contributed by atoms with Gasteiger partial charge < -0.3 is 4.74 Å². The molecular formula is C27H29F6NO2S. The number of ether oxygens (including phenoxy) is 1. The number of alkyl halides is 4. The Morgan fingerprint density at radius 3 is 2.00 bits per heavy atom. The fourth-order valence-electron chi connectivity index (χ4n) is 3.10. The summed E-state index contributed by atoms with van der Waals surface area (Å²) in [5.74, 6) is -6.66. The van der Waals surface area contributed by atoms with Crippen LogP contribution in [-0.2, 0) is 16.9 Å². The van der Waals surface area contributed by atoms with Crippen molar-refractivity contribution in [1.82, 2.24) is 4.72 Å². The largest absolute Gasteiger partial charge is 0.494 e. The average molecular weight is 546 g/mol. The molecule has 0 aliphatic carbocycles. The molecule has 3 rings (SSSR count). The summed E-state index contributed by atoms with van der Waals surface area (Å²) in [7, 11) is -0.558. The van der Waals surface area contributed by atoms with Crippen molar-refractivity contribution in [2.45, 2.75) is 50.8 Å². The number of hydrogen-bond acceptors (Lipinski definition) is 2. The number of benzene rings is 3. The molecule has 2 unspecified atom stereocenters. The molecule has 0 radical (unpaired) electrons. The van der Waals surface area contributed by atoms with E-state index >= 15 is 0 Å². The Balaban J connectivity index is 0.000000591. The van der Waals surface area contributed by atoms with Crippen molar-refractivity contribution >= 4 is 11.0 Å².